The molecule has 0 radical (unpaired) electrons. The number of aromatic nitrogens is 1. The van der Waals surface area contributed by atoms with Crippen LogP contribution in [-0.4, -0.2) is 66.4 Å². The van der Waals surface area contributed by atoms with Crippen molar-refractivity contribution in [1.29, 1.82) is 0 Å². The molecule has 1 aliphatic rings. The minimum absolute atomic E-state index is 0.213. The number of carboxylic acids is 1. The fourth-order valence-corrected chi connectivity index (χ4v) is 4.64. The predicted octanol–water partition coefficient (Wildman–Crippen LogP) is -0.219. The summed E-state index contributed by atoms with van der Waals surface area (Å²) in [6.45, 7) is 2.13. The molecule has 9 heteroatoms. The number of terminal acetylenes is 1. The largest absolute Gasteiger partial charge is 0.476 e. The highest BCUT2D eigenvalue weighted by Crippen LogP contribution is 2.25. The molecule has 7 nitrogen and oxygen atoms in total. The van der Waals surface area contributed by atoms with E-state index in [9.17, 15) is 13.2 Å². The summed E-state index contributed by atoms with van der Waals surface area (Å²) in [5, 5.41) is 8.96. The maximum absolute atomic E-state index is 12.4. The predicted molar refractivity (Wildman–Crippen MR) is 73.1 cm³/mol. The molecule has 2 heterocycles. The Morgan fingerprint density at radius 2 is 2.10 bits per heavy atom. The summed E-state index contributed by atoms with van der Waals surface area (Å²) in [4.78, 5) is 16.5. The summed E-state index contributed by atoms with van der Waals surface area (Å²) in [6, 6.07) is 0. The molecule has 0 spiro atoms. The van der Waals surface area contributed by atoms with E-state index in [-0.39, 0.29) is 4.21 Å². The fraction of sp³-hybridized carbons (Fsp3) is 0.455. The zero-order valence-electron chi connectivity index (χ0n) is 10.5. The number of sulfonamides is 1. The van der Waals surface area contributed by atoms with Gasteiger partial charge in [-0.1, -0.05) is 5.92 Å². The van der Waals surface area contributed by atoms with Crippen LogP contribution in [0.4, 0.5) is 0 Å². The highest BCUT2D eigenvalue weighted by atomic mass is 32.2. The lowest BCUT2D eigenvalue weighted by Gasteiger charge is -2.32. The Kier molecular flexibility index (Phi) is 4.39. The summed E-state index contributed by atoms with van der Waals surface area (Å²) >= 11 is 0.822. The molecule has 0 saturated carbocycles. The van der Waals surface area contributed by atoms with Crippen molar-refractivity contribution < 1.29 is 18.3 Å². The van der Waals surface area contributed by atoms with Gasteiger partial charge in [0.2, 0.25) is 0 Å². The molecule has 0 bridgehead atoms. The Balaban J connectivity index is 2.18. The van der Waals surface area contributed by atoms with Gasteiger partial charge in [-0.2, -0.15) is 4.31 Å². The average molecular weight is 315 g/mol. The number of hydrogen-bond acceptors (Lipinski definition) is 6. The number of nitrogens with zero attached hydrogens (tertiary/aromatic N) is 3. The lowest BCUT2D eigenvalue weighted by molar-refractivity contribution is 0.0687. The van der Waals surface area contributed by atoms with Gasteiger partial charge in [0.1, 0.15) is 0 Å². The third kappa shape index (κ3) is 2.83. The molecule has 1 saturated heterocycles. The van der Waals surface area contributed by atoms with Gasteiger partial charge in [-0.25, -0.2) is 18.2 Å². The van der Waals surface area contributed by atoms with E-state index >= 15 is 0 Å². The van der Waals surface area contributed by atoms with E-state index < -0.39 is 21.7 Å². The molecule has 108 valence electrons. The van der Waals surface area contributed by atoms with Crippen LogP contribution in [0, 0.1) is 12.3 Å². The number of carbonyl (C=O) groups is 1. The van der Waals surface area contributed by atoms with Crippen LogP contribution in [-0.2, 0) is 10.0 Å². The third-order valence-corrected chi connectivity index (χ3v) is 6.20. The van der Waals surface area contributed by atoms with Crippen molar-refractivity contribution in [2.24, 2.45) is 0 Å². The van der Waals surface area contributed by atoms with Crippen molar-refractivity contribution in [3.63, 3.8) is 0 Å². The number of piperazine rings is 1. The summed E-state index contributed by atoms with van der Waals surface area (Å²) in [7, 11) is -3.80. The second-order valence-corrected chi connectivity index (χ2v) is 7.17. The van der Waals surface area contributed by atoms with Gasteiger partial charge >= 0.3 is 5.97 Å². The molecule has 0 unspecified atom stereocenters. The fourth-order valence-electron chi connectivity index (χ4n) is 1.94. The number of aromatic carboxylic acids is 1. The molecule has 1 fully saturated rings. The highest BCUT2D eigenvalue weighted by molar-refractivity contribution is 7.91. The van der Waals surface area contributed by atoms with Gasteiger partial charge in [-0.15, -0.1) is 17.8 Å². The lowest BCUT2D eigenvalue weighted by atomic mass is 10.4. The van der Waals surface area contributed by atoms with E-state index in [1.54, 1.807) is 0 Å². The second kappa shape index (κ2) is 5.88. The van der Waals surface area contributed by atoms with E-state index in [2.05, 4.69) is 10.9 Å². The summed E-state index contributed by atoms with van der Waals surface area (Å²) in [5.74, 6) is 1.18. The van der Waals surface area contributed by atoms with Crippen molar-refractivity contribution in [1.82, 2.24) is 14.2 Å². The van der Waals surface area contributed by atoms with Crippen LogP contribution in [0.3, 0.4) is 0 Å². The van der Waals surface area contributed by atoms with E-state index in [1.807, 2.05) is 4.90 Å². The van der Waals surface area contributed by atoms with Crippen molar-refractivity contribution in [2.75, 3.05) is 32.7 Å². The number of hydrogen-bond donors (Lipinski definition) is 1. The summed E-state index contributed by atoms with van der Waals surface area (Å²) in [6.07, 6.45) is 5.21. The Hall–Kier alpha value is -1.47. The molecule has 0 atom stereocenters. The van der Waals surface area contributed by atoms with Crippen molar-refractivity contribution in [2.45, 2.75) is 4.21 Å². The van der Waals surface area contributed by atoms with Crippen LogP contribution in [0.2, 0.25) is 0 Å². The van der Waals surface area contributed by atoms with Gasteiger partial charge in [0.15, 0.2) is 9.90 Å². The van der Waals surface area contributed by atoms with Gasteiger partial charge in [0.25, 0.3) is 10.0 Å². The number of thiazole rings is 1. The standard InChI is InChI=1S/C11H13N3O4S2/c1-2-3-13-4-6-14(7-5-13)20(17,18)11-9(10(15)16)12-8-19-11/h1,8H,3-7H2,(H,15,16). The maximum Gasteiger partial charge on any atom is 0.356 e. The van der Waals surface area contributed by atoms with Crippen LogP contribution in [0.5, 0.6) is 0 Å². The first-order chi connectivity index (χ1) is 9.46. The third-order valence-electron chi connectivity index (χ3n) is 2.96. The first kappa shape index (κ1) is 14.9. The average Bonchev–Trinajstić information content (AvgIpc) is 2.90. The molecule has 0 amide bonds. The topological polar surface area (TPSA) is 90.8 Å². The molecule has 0 aliphatic carbocycles. The lowest BCUT2D eigenvalue weighted by Crippen LogP contribution is -2.48. The van der Waals surface area contributed by atoms with Crippen molar-refractivity contribution in [3.05, 3.63) is 11.2 Å². The van der Waals surface area contributed by atoms with Gasteiger partial charge in [0.05, 0.1) is 12.1 Å². The Bertz CT molecular complexity index is 639. The van der Waals surface area contributed by atoms with Crippen molar-refractivity contribution in [3.8, 4) is 12.3 Å². The zero-order chi connectivity index (χ0) is 14.8. The molecule has 1 aromatic rings. The Labute approximate surface area is 120 Å². The van der Waals surface area contributed by atoms with Gasteiger partial charge in [-0.3, -0.25) is 4.90 Å². The van der Waals surface area contributed by atoms with E-state index in [0.717, 1.165) is 11.3 Å². The molecular weight excluding hydrogens is 302 g/mol. The van der Waals surface area contributed by atoms with Crippen LogP contribution in [0.1, 0.15) is 10.5 Å². The molecule has 1 aromatic heterocycles. The van der Waals surface area contributed by atoms with Crippen LogP contribution >= 0.6 is 11.3 Å². The molecule has 1 N–H and O–H groups in total. The molecule has 1 aliphatic heterocycles. The van der Waals surface area contributed by atoms with Crippen LogP contribution < -0.4 is 0 Å². The minimum Gasteiger partial charge on any atom is -0.476 e. The van der Waals surface area contributed by atoms with E-state index in [4.69, 9.17) is 11.5 Å². The van der Waals surface area contributed by atoms with Crippen LogP contribution in [0.25, 0.3) is 0 Å². The number of carboxylic acid groups (broad SMARTS) is 1. The highest BCUT2D eigenvalue weighted by Gasteiger charge is 2.33. The smallest absolute Gasteiger partial charge is 0.356 e. The Morgan fingerprint density at radius 1 is 1.45 bits per heavy atom. The van der Waals surface area contributed by atoms with Crippen LogP contribution in [0.15, 0.2) is 9.72 Å². The monoisotopic (exact) mass is 315 g/mol. The normalized spacial score (nSPS) is 17.8. The Morgan fingerprint density at radius 3 is 2.65 bits per heavy atom. The maximum atomic E-state index is 12.4. The van der Waals surface area contributed by atoms with Gasteiger partial charge < -0.3 is 5.11 Å². The summed E-state index contributed by atoms with van der Waals surface area (Å²) < 4.78 is 25.9. The summed E-state index contributed by atoms with van der Waals surface area (Å²) in [5.41, 5.74) is 0.811. The SMILES string of the molecule is C#CCN1CCN(S(=O)(=O)c2scnc2C(=O)O)CC1. The quantitative estimate of drug-likeness (QED) is 0.773. The first-order valence-corrected chi connectivity index (χ1v) is 8.11. The molecule has 0 aromatic carbocycles. The minimum atomic E-state index is -3.80. The molecule has 20 heavy (non-hydrogen) atoms. The van der Waals surface area contributed by atoms with Gasteiger partial charge in [0, 0.05) is 26.2 Å². The first-order valence-electron chi connectivity index (χ1n) is 5.79. The zero-order valence-corrected chi connectivity index (χ0v) is 12.2. The molecular formula is C11H13N3O4S2. The second-order valence-electron chi connectivity index (χ2n) is 4.18. The molecule has 2 rings (SSSR count). The number of rotatable bonds is 4. The van der Waals surface area contributed by atoms with E-state index in [1.165, 1.54) is 9.82 Å². The van der Waals surface area contributed by atoms with Gasteiger partial charge in [-0.05, 0) is 0 Å². The van der Waals surface area contributed by atoms with Crippen molar-refractivity contribution >= 4 is 27.3 Å². The van der Waals surface area contributed by atoms with E-state index in [0.29, 0.717) is 32.7 Å².